The molecule has 0 spiro atoms. The highest BCUT2D eigenvalue weighted by atomic mass is 16.5. The SMILES string of the molecule is c1ccc(-c2cc3c4c(c2)c2ccc(-c5ccc(N(c6ccccc6)c6ccccc6)cc5)cc2n4-c2ccccc2O3)cc1. The van der Waals surface area contributed by atoms with E-state index in [1.807, 2.05) is 6.07 Å². The Bertz CT molecular complexity index is 2280. The van der Waals surface area contributed by atoms with Crippen LogP contribution in [0.25, 0.3) is 49.7 Å². The summed E-state index contributed by atoms with van der Waals surface area (Å²) in [7, 11) is 0. The van der Waals surface area contributed by atoms with Crippen LogP contribution in [-0.2, 0) is 0 Å². The van der Waals surface area contributed by atoms with Gasteiger partial charge in [-0.15, -0.1) is 0 Å². The minimum atomic E-state index is 0.866. The molecule has 0 bridgehead atoms. The fraction of sp³-hybridized carbons (Fsp3) is 0. The predicted octanol–water partition coefficient (Wildman–Crippen LogP) is 11.7. The highest BCUT2D eigenvalue weighted by molar-refractivity contribution is 6.14. The molecule has 0 amide bonds. The lowest BCUT2D eigenvalue weighted by Crippen LogP contribution is -2.09. The number of fused-ring (bicyclic) bond motifs is 5. The molecule has 0 saturated heterocycles. The first-order valence-electron chi connectivity index (χ1n) is 15.3. The Morgan fingerprint density at radius 3 is 1.69 bits per heavy atom. The summed E-state index contributed by atoms with van der Waals surface area (Å²) in [6, 6.07) is 60.1. The molecule has 1 aromatic heterocycles. The number of hydrogen-bond acceptors (Lipinski definition) is 2. The molecule has 45 heavy (non-hydrogen) atoms. The van der Waals surface area contributed by atoms with Crippen LogP contribution < -0.4 is 9.64 Å². The van der Waals surface area contributed by atoms with E-state index in [-0.39, 0.29) is 0 Å². The molecule has 0 atom stereocenters. The Labute approximate surface area is 261 Å². The van der Waals surface area contributed by atoms with Crippen molar-refractivity contribution in [1.82, 2.24) is 4.57 Å². The quantitative estimate of drug-likeness (QED) is 0.203. The lowest BCUT2D eigenvalue weighted by Gasteiger charge is -2.25. The molecular weight excluding hydrogens is 548 g/mol. The Morgan fingerprint density at radius 1 is 0.400 bits per heavy atom. The molecule has 3 nitrogen and oxygen atoms in total. The molecule has 2 heterocycles. The van der Waals surface area contributed by atoms with Crippen LogP contribution in [0.4, 0.5) is 17.1 Å². The van der Waals surface area contributed by atoms with Gasteiger partial charge in [-0.1, -0.05) is 103 Å². The Kier molecular flexibility index (Phi) is 5.82. The molecule has 1 aliphatic heterocycles. The van der Waals surface area contributed by atoms with Gasteiger partial charge in [0.25, 0.3) is 0 Å². The third kappa shape index (κ3) is 4.21. The average Bonchev–Trinajstić information content (AvgIpc) is 3.45. The third-order valence-electron chi connectivity index (χ3n) is 8.75. The van der Waals surface area contributed by atoms with Crippen LogP contribution in [0.1, 0.15) is 0 Å². The van der Waals surface area contributed by atoms with Crippen molar-refractivity contribution in [3.8, 4) is 39.4 Å². The van der Waals surface area contributed by atoms with Crippen LogP contribution in [0.5, 0.6) is 11.5 Å². The number of rotatable bonds is 5. The number of nitrogens with zero attached hydrogens (tertiary/aromatic N) is 2. The smallest absolute Gasteiger partial charge is 0.152 e. The van der Waals surface area contributed by atoms with Crippen molar-refractivity contribution in [3.63, 3.8) is 0 Å². The molecule has 0 N–H and O–H groups in total. The molecule has 3 heteroatoms. The van der Waals surface area contributed by atoms with Gasteiger partial charge in [-0.05, 0) is 89.0 Å². The van der Waals surface area contributed by atoms with Crippen molar-refractivity contribution < 1.29 is 4.74 Å². The zero-order chi connectivity index (χ0) is 29.7. The van der Waals surface area contributed by atoms with Gasteiger partial charge in [0.2, 0.25) is 0 Å². The minimum Gasteiger partial charge on any atom is -0.453 e. The van der Waals surface area contributed by atoms with Gasteiger partial charge in [0, 0.05) is 27.8 Å². The Hall–Kier alpha value is -6.06. The fourth-order valence-electron chi connectivity index (χ4n) is 6.66. The normalized spacial score (nSPS) is 11.7. The second kappa shape index (κ2) is 10.3. The van der Waals surface area contributed by atoms with E-state index < -0.39 is 0 Å². The van der Waals surface area contributed by atoms with E-state index in [9.17, 15) is 0 Å². The third-order valence-corrected chi connectivity index (χ3v) is 8.75. The lowest BCUT2D eigenvalue weighted by molar-refractivity contribution is 0.476. The van der Waals surface area contributed by atoms with Crippen molar-refractivity contribution in [2.24, 2.45) is 0 Å². The predicted molar refractivity (Wildman–Crippen MR) is 186 cm³/mol. The number of para-hydroxylation sites is 4. The molecule has 0 radical (unpaired) electrons. The van der Waals surface area contributed by atoms with Crippen LogP contribution in [0.3, 0.4) is 0 Å². The van der Waals surface area contributed by atoms with Gasteiger partial charge >= 0.3 is 0 Å². The van der Waals surface area contributed by atoms with Gasteiger partial charge in [-0.2, -0.15) is 0 Å². The highest BCUT2D eigenvalue weighted by Crippen LogP contribution is 2.48. The summed E-state index contributed by atoms with van der Waals surface area (Å²) in [6.07, 6.45) is 0. The number of ether oxygens (including phenoxy) is 1. The highest BCUT2D eigenvalue weighted by Gasteiger charge is 2.25. The monoisotopic (exact) mass is 576 g/mol. The van der Waals surface area contributed by atoms with Crippen LogP contribution in [0.2, 0.25) is 0 Å². The number of anilines is 3. The van der Waals surface area contributed by atoms with Crippen LogP contribution >= 0.6 is 0 Å². The van der Waals surface area contributed by atoms with Gasteiger partial charge < -0.3 is 14.2 Å². The molecule has 7 aromatic carbocycles. The molecular formula is C42H28N2O. The Morgan fingerprint density at radius 2 is 0.978 bits per heavy atom. The molecule has 212 valence electrons. The van der Waals surface area contributed by atoms with E-state index in [1.54, 1.807) is 0 Å². The van der Waals surface area contributed by atoms with E-state index >= 15 is 0 Å². The molecule has 9 rings (SSSR count). The summed E-state index contributed by atoms with van der Waals surface area (Å²) in [5.74, 6) is 1.75. The van der Waals surface area contributed by atoms with E-state index in [2.05, 4.69) is 173 Å². The molecule has 0 aliphatic carbocycles. The maximum Gasteiger partial charge on any atom is 0.152 e. The van der Waals surface area contributed by atoms with Crippen molar-refractivity contribution in [3.05, 3.63) is 170 Å². The number of aromatic nitrogens is 1. The summed E-state index contributed by atoms with van der Waals surface area (Å²) < 4.78 is 8.91. The second-order valence-electron chi connectivity index (χ2n) is 11.4. The molecule has 0 saturated carbocycles. The zero-order valence-corrected chi connectivity index (χ0v) is 24.5. The van der Waals surface area contributed by atoms with Crippen molar-refractivity contribution in [2.45, 2.75) is 0 Å². The van der Waals surface area contributed by atoms with Crippen LogP contribution in [0.15, 0.2) is 170 Å². The van der Waals surface area contributed by atoms with E-state index in [0.29, 0.717) is 0 Å². The second-order valence-corrected chi connectivity index (χ2v) is 11.4. The first kappa shape index (κ1) is 25.4. The van der Waals surface area contributed by atoms with E-state index in [0.717, 1.165) is 45.3 Å². The number of benzene rings is 7. The Balaban J connectivity index is 1.19. The van der Waals surface area contributed by atoms with Gasteiger partial charge in [-0.3, -0.25) is 0 Å². The van der Waals surface area contributed by atoms with Crippen molar-refractivity contribution >= 4 is 38.9 Å². The first-order valence-corrected chi connectivity index (χ1v) is 15.3. The van der Waals surface area contributed by atoms with Crippen molar-refractivity contribution in [2.75, 3.05) is 4.90 Å². The van der Waals surface area contributed by atoms with Gasteiger partial charge in [-0.25, -0.2) is 0 Å². The molecule has 8 aromatic rings. The lowest BCUT2D eigenvalue weighted by atomic mass is 10.0. The molecule has 0 fully saturated rings. The maximum absolute atomic E-state index is 6.54. The van der Waals surface area contributed by atoms with Gasteiger partial charge in [0.05, 0.1) is 16.7 Å². The largest absolute Gasteiger partial charge is 0.453 e. The maximum atomic E-state index is 6.54. The summed E-state index contributed by atoms with van der Waals surface area (Å²) in [5.41, 5.74) is 11.4. The molecule has 0 unspecified atom stereocenters. The van der Waals surface area contributed by atoms with Crippen LogP contribution in [0, 0.1) is 0 Å². The standard InChI is InChI=1S/C42H28N2O/c1-4-12-29(13-5-1)32-26-37-36-25-22-31(27-39(36)44-38-18-10-11-19-40(38)45-41(28-32)42(37)44)30-20-23-35(24-21-30)43(33-14-6-2-7-15-33)34-16-8-3-9-17-34/h1-28H. The van der Waals surface area contributed by atoms with Gasteiger partial charge in [0.1, 0.15) is 0 Å². The summed E-state index contributed by atoms with van der Waals surface area (Å²) in [5, 5.41) is 2.41. The van der Waals surface area contributed by atoms with E-state index in [4.69, 9.17) is 4.74 Å². The summed E-state index contributed by atoms with van der Waals surface area (Å²) in [6.45, 7) is 0. The topological polar surface area (TPSA) is 17.4 Å². The minimum absolute atomic E-state index is 0.866. The number of hydrogen-bond donors (Lipinski definition) is 0. The average molecular weight is 577 g/mol. The van der Waals surface area contributed by atoms with Crippen molar-refractivity contribution in [1.29, 1.82) is 0 Å². The first-order chi connectivity index (χ1) is 22.3. The fourth-order valence-corrected chi connectivity index (χ4v) is 6.66. The molecule has 1 aliphatic rings. The summed E-state index contributed by atoms with van der Waals surface area (Å²) in [4.78, 5) is 2.29. The summed E-state index contributed by atoms with van der Waals surface area (Å²) >= 11 is 0. The zero-order valence-electron chi connectivity index (χ0n) is 24.5. The van der Waals surface area contributed by atoms with Gasteiger partial charge in [0.15, 0.2) is 11.5 Å². The van der Waals surface area contributed by atoms with E-state index in [1.165, 1.54) is 33.0 Å². The van der Waals surface area contributed by atoms with Crippen LogP contribution in [-0.4, -0.2) is 4.57 Å².